The van der Waals surface area contributed by atoms with Crippen molar-refractivity contribution in [2.24, 2.45) is 5.92 Å². The SMILES string of the molecule is CCC(C)CN(C)CCC(NC)c1cccc(Cl)c1. The van der Waals surface area contributed by atoms with E-state index >= 15 is 0 Å². The third-order valence-corrected chi connectivity index (χ3v) is 3.95. The molecule has 0 spiro atoms. The Labute approximate surface area is 123 Å². The van der Waals surface area contributed by atoms with Gasteiger partial charge >= 0.3 is 0 Å². The lowest BCUT2D eigenvalue weighted by Gasteiger charge is -2.24. The molecule has 1 rings (SSSR count). The van der Waals surface area contributed by atoms with Crippen molar-refractivity contribution in [2.75, 3.05) is 27.2 Å². The third-order valence-electron chi connectivity index (χ3n) is 3.72. The molecule has 3 heteroatoms. The molecule has 2 unspecified atom stereocenters. The fraction of sp³-hybridized carbons (Fsp3) is 0.625. The molecule has 108 valence electrons. The molecule has 19 heavy (non-hydrogen) atoms. The molecule has 0 saturated carbocycles. The number of halogens is 1. The normalized spacial score (nSPS) is 14.6. The number of nitrogens with zero attached hydrogens (tertiary/aromatic N) is 1. The summed E-state index contributed by atoms with van der Waals surface area (Å²) >= 11 is 6.06. The first-order chi connectivity index (χ1) is 9.06. The van der Waals surface area contributed by atoms with E-state index in [1.807, 2.05) is 19.2 Å². The fourth-order valence-electron chi connectivity index (χ4n) is 2.30. The molecule has 0 aliphatic rings. The minimum absolute atomic E-state index is 0.373. The molecule has 1 aromatic carbocycles. The predicted octanol–water partition coefficient (Wildman–Crippen LogP) is 3.97. The Hall–Kier alpha value is -0.570. The van der Waals surface area contributed by atoms with Gasteiger partial charge in [0.1, 0.15) is 0 Å². The lowest BCUT2D eigenvalue weighted by atomic mass is 10.0. The zero-order valence-electron chi connectivity index (χ0n) is 12.6. The van der Waals surface area contributed by atoms with Crippen LogP contribution in [0.2, 0.25) is 5.02 Å². The van der Waals surface area contributed by atoms with E-state index in [0.29, 0.717) is 6.04 Å². The van der Waals surface area contributed by atoms with Crippen LogP contribution in [-0.4, -0.2) is 32.1 Å². The predicted molar refractivity (Wildman–Crippen MR) is 84.8 cm³/mol. The zero-order chi connectivity index (χ0) is 14.3. The Bertz CT molecular complexity index is 368. The Morgan fingerprint density at radius 1 is 1.37 bits per heavy atom. The van der Waals surface area contributed by atoms with Crippen LogP contribution in [-0.2, 0) is 0 Å². The maximum absolute atomic E-state index is 6.06. The molecule has 0 aliphatic heterocycles. The second kappa shape index (κ2) is 8.57. The molecule has 0 saturated heterocycles. The summed E-state index contributed by atoms with van der Waals surface area (Å²) in [6.45, 7) is 6.83. The minimum Gasteiger partial charge on any atom is -0.313 e. The van der Waals surface area contributed by atoms with Gasteiger partial charge in [0.25, 0.3) is 0 Å². The lowest BCUT2D eigenvalue weighted by molar-refractivity contribution is 0.268. The van der Waals surface area contributed by atoms with Crippen LogP contribution in [0.1, 0.15) is 38.3 Å². The molecule has 0 amide bonds. The Kier molecular flexibility index (Phi) is 7.44. The summed E-state index contributed by atoms with van der Waals surface area (Å²) in [5.74, 6) is 0.768. The molecule has 0 fully saturated rings. The second-order valence-electron chi connectivity index (χ2n) is 5.46. The van der Waals surface area contributed by atoms with Gasteiger partial charge in [-0.05, 0) is 50.7 Å². The molecule has 0 radical (unpaired) electrons. The van der Waals surface area contributed by atoms with Gasteiger partial charge in [-0.25, -0.2) is 0 Å². The molecule has 0 heterocycles. The number of hydrogen-bond donors (Lipinski definition) is 1. The Morgan fingerprint density at radius 3 is 2.68 bits per heavy atom. The van der Waals surface area contributed by atoms with Crippen molar-refractivity contribution in [1.29, 1.82) is 0 Å². The first kappa shape index (κ1) is 16.5. The summed E-state index contributed by atoms with van der Waals surface area (Å²) in [4.78, 5) is 2.42. The van der Waals surface area contributed by atoms with E-state index in [1.54, 1.807) is 0 Å². The Morgan fingerprint density at radius 2 is 2.11 bits per heavy atom. The van der Waals surface area contributed by atoms with Crippen LogP contribution in [0, 0.1) is 5.92 Å². The van der Waals surface area contributed by atoms with Gasteiger partial charge in [-0.1, -0.05) is 44.0 Å². The largest absolute Gasteiger partial charge is 0.313 e. The summed E-state index contributed by atoms with van der Waals surface area (Å²) in [5, 5.41) is 4.19. The highest BCUT2D eigenvalue weighted by atomic mass is 35.5. The molecule has 2 atom stereocenters. The van der Waals surface area contributed by atoms with Crippen molar-refractivity contribution in [3.8, 4) is 0 Å². The van der Waals surface area contributed by atoms with Crippen molar-refractivity contribution in [1.82, 2.24) is 10.2 Å². The van der Waals surface area contributed by atoms with E-state index < -0.39 is 0 Å². The van der Waals surface area contributed by atoms with Crippen LogP contribution in [0.3, 0.4) is 0 Å². The van der Waals surface area contributed by atoms with Crippen molar-refractivity contribution in [2.45, 2.75) is 32.7 Å². The topological polar surface area (TPSA) is 15.3 Å². The van der Waals surface area contributed by atoms with Crippen LogP contribution in [0.4, 0.5) is 0 Å². The van der Waals surface area contributed by atoms with E-state index in [9.17, 15) is 0 Å². The Balaban J connectivity index is 2.49. The van der Waals surface area contributed by atoms with Crippen LogP contribution >= 0.6 is 11.6 Å². The fourth-order valence-corrected chi connectivity index (χ4v) is 2.50. The van der Waals surface area contributed by atoms with Crippen LogP contribution < -0.4 is 5.32 Å². The molecule has 0 bridgehead atoms. The highest BCUT2D eigenvalue weighted by molar-refractivity contribution is 6.30. The molecule has 1 N–H and O–H groups in total. The van der Waals surface area contributed by atoms with Crippen LogP contribution in [0.5, 0.6) is 0 Å². The van der Waals surface area contributed by atoms with Crippen LogP contribution in [0.25, 0.3) is 0 Å². The average Bonchev–Trinajstić information content (AvgIpc) is 2.39. The minimum atomic E-state index is 0.373. The summed E-state index contributed by atoms with van der Waals surface area (Å²) in [6, 6.07) is 8.51. The van der Waals surface area contributed by atoms with Crippen molar-refractivity contribution < 1.29 is 0 Å². The standard InChI is InChI=1S/C16H27ClN2/c1-5-13(2)12-19(4)10-9-16(18-3)14-7-6-8-15(17)11-14/h6-8,11,13,16,18H,5,9-10,12H2,1-4H3. The quantitative estimate of drug-likeness (QED) is 0.776. The summed E-state index contributed by atoms with van der Waals surface area (Å²) in [5.41, 5.74) is 1.27. The molecular weight excluding hydrogens is 256 g/mol. The van der Waals surface area contributed by atoms with Gasteiger partial charge < -0.3 is 10.2 Å². The molecule has 2 nitrogen and oxygen atoms in total. The maximum Gasteiger partial charge on any atom is 0.0409 e. The monoisotopic (exact) mass is 282 g/mol. The second-order valence-corrected chi connectivity index (χ2v) is 5.90. The average molecular weight is 283 g/mol. The third kappa shape index (κ3) is 5.94. The molecule has 1 aromatic rings. The maximum atomic E-state index is 6.06. The van der Waals surface area contributed by atoms with E-state index in [2.05, 4.69) is 43.2 Å². The summed E-state index contributed by atoms with van der Waals surface area (Å²) in [7, 11) is 4.22. The smallest absolute Gasteiger partial charge is 0.0409 e. The van der Waals surface area contributed by atoms with Gasteiger partial charge in [0, 0.05) is 17.6 Å². The molecule has 0 aromatic heterocycles. The number of nitrogens with one attached hydrogen (secondary N) is 1. The molecule has 0 aliphatic carbocycles. The van der Waals surface area contributed by atoms with Gasteiger partial charge in [-0.3, -0.25) is 0 Å². The van der Waals surface area contributed by atoms with Crippen molar-refractivity contribution >= 4 is 11.6 Å². The highest BCUT2D eigenvalue weighted by Gasteiger charge is 2.11. The van der Waals surface area contributed by atoms with E-state index in [1.165, 1.54) is 18.5 Å². The lowest BCUT2D eigenvalue weighted by Crippen LogP contribution is -2.28. The van der Waals surface area contributed by atoms with E-state index in [0.717, 1.165) is 23.9 Å². The summed E-state index contributed by atoms with van der Waals surface area (Å²) < 4.78 is 0. The van der Waals surface area contributed by atoms with Gasteiger partial charge in [0.15, 0.2) is 0 Å². The van der Waals surface area contributed by atoms with Gasteiger partial charge in [-0.2, -0.15) is 0 Å². The van der Waals surface area contributed by atoms with Gasteiger partial charge in [-0.15, -0.1) is 0 Å². The first-order valence-corrected chi connectivity index (χ1v) is 7.55. The summed E-state index contributed by atoms with van der Waals surface area (Å²) in [6.07, 6.45) is 2.35. The number of benzene rings is 1. The van der Waals surface area contributed by atoms with Crippen molar-refractivity contribution in [3.05, 3.63) is 34.9 Å². The first-order valence-electron chi connectivity index (χ1n) is 7.18. The van der Waals surface area contributed by atoms with Crippen LogP contribution in [0.15, 0.2) is 24.3 Å². The van der Waals surface area contributed by atoms with E-state index in [4.69, 9.17) is 11.6 Å². The van der Waals surface area contributed by atoms with Crippen molar-refractivity contribution in [3.63, 3.8) is 0 Å². The zero-order valence-corrected chi connectivity index (χ0v) is 13.4. The number of hydrogen-bond acceptors (Lipinski definition) is 2. The highest BCUT2D eigenvalue weighted by Crippen LogP contribution is 2.20. The van der Waals surface area contributed by atoms with E-state index in [-0.39, 0.29) is 0 Å². The van der Waals surface area contributed by atoms with Gasteiger partial charge in [0.05, 0.1) is 0 Å². The van der Waals surface area contributed by atoms with Gasteiger partial charge in [0.2, 0.25) is 0 Å². The number of rotatable bonds is 8. The molecular formula is C16H27ClN2.